The summed E-state index contributed by atoms with van der Waals surface area (Å²) in [6.07, 6.45) is 6.01. The Kier molecular flexibility index (Phi) is 13.5. The van der Waals surface area contributed by atoms with Crippen LogP contribution in [0, 0.1) is 34.0 Å². The van der Waals surface area contributed by atoms with Gasteiger partial charge in [0.2, 0.25) is 0 Å². The summed E-state index contributed by atoms with van der Waals surface area (Å²) in [5.41, 5.74) is -3.09. The Bertz CT molecular complexity index is 2030. The minimum atomic E-state index is -5.06. The molecule has 0 amide bonds. The van der Waals surface area contributed by atoms with E-state index in [1.165, 1.54) is 47.8 Å². The van der Waals surface area contributed by atoms with Crippen molar-refractivity contribution in [3.8, 4) is 24.0 Å². The van der Waals surface area contributed by atoms with Gasteiger partial charge in [-0.25, -0.2) is 0 Å². The number of halogens is 3. The molecule has 11 heteroatoms. The number of alkyl halides is 3. The van der Waals surface area contributed by atoms with Gasteiger partial charge < -0.3 is 14.1 Å². The Labute approximate surface area is 322 Å². The Morgan fingerprint density at radius 1 is 0.870 bits per heavy atom. The lowest BCUT2D eigenvalue weighted by Gasteiger charge is -2.37. The maximum absolute atomic E-state index is 15.2. The number of thiophene rings is 1. The van der Waals surface area contributed by atoms with E-state index >= 15 is 13.2 Å². The van der Waals surface area contributed by atoms with E-state index in [2.05, 4.69) is 70.8 Å². The average molecular weight is 769 g/mol. The molecule has 0 aliphatic carbocycles. The second-order valence-electron chi connectivity index (χ2n) is 14.7. The van der Waals surface area contributed by atoms with Crippen molar-refractivity contribution in [2.24, 2.45) is 0 Å². The molecule has 3 aromatic rings. The van der Waals surface area contributed by atoms with Crippen molar-refractivity contribution in [1.82, 2.24) is 0 Å². The third kappa shape index (κ3) is 9.01. The molecule has 54 heavy (non-hydrogen) atoms. The van der Waals surface area contributed by atoms with Gasteiger partial charge in [0.15, 0.2) is 11.3 Å². The Morgan fingerprint density at radius 2 is 1.46 bits per heavy atom. The summed E-state index contributed by atoms with van der Waals surface area (Å²) in [6.45, 7) is 17.4. The number of benzene rings is 2. The molecule has 0 bridgehead atoms. The van der Waals surface area contributed by atoms with Gasteiger partial charge in [0.05, 0.1) is 0 Å². The zero-order valence-electron chi connectivity index (χ0n) is 32.0. The zero-order valence-corrected chi connectivity index (χ0v) is 33.8. The smallest absolute Gasteiger partial charge is 0.437 e. The fraction of sp³-hybridized carbons (Fsp3) is 0.372. The van der Waals surface area contributed by atoms with Crippen LogP contribution in [0.4, 0.5) is 18.9 Å². The van der Waals surface area contributed by atoms with E-state index in [9.17, 15) is 15.8 Å². The maximum Gasteiger partial charge on any atom is 0.437 e. The third-order valence-corrected chi connectivity index (χ3v) is 15.2. The molecule has 2 heterocycles. The highest BCUT2D eigenvalue weighted by molar-refractivity contribution is 7.13. The number of hydrogen-bond donors (Lipinski definition) is 0. The van der Waals surface area contributed by atoms with Crippen LogP contribution in [0.5, 0.6) is 5.75 Å². The number of nitriles is 3. The summed E-state index contributed by atoms with van der Waals surface area (Å²) < 4.78 is 57.9. The first-order chi connectivity index (χ1) is 25.6. The topological polar surface area (TPSA) is 93.1 Å². The molecule has 1 unspecified atom stereocenters. The van der Waals surface area contributed by atoms with Gasteiger partial charge in [0, 0.05) is 51.3 Å². The number of anilines is 1. The van der Waals surface area contributed by atoms with Crippen LogP contribution in [0.15, 0.2) is 89.2 Å². The molecule has 1 aromatic heterocycles. The average Bonchev–Trinajstić information content (AvgIpc) is 3.73. The van der Waals surface area contributed by atoms with E-state index in [0.29, 0.717) is 4.88 Å². The molecule has 0 saturated heterocycles. The molecular formula is C43H47F3N4O2SSi. The lowest BCUT2D eigenvalue weighted by molar-refractivity contribution is -0.249. The van der Waals surface area contributed by atoms with Crippen molar-refractivity contribution in [2.45, 2.75) is 90.2 Å². The molecule has 0 N–H and O–H groups in total. The van der Waals surface area contributed by atoms with Crippen molar-refractivity contribution in [3.63, 3.8) is 0 Å². The number of rotatable bonds is 14. The van der Waals surface area contributed by atoms with E-state index < -0.39 is 42.6 Å². The Balaban J connectivity index is 1.75. The van der Waals surface area contributed by atoms with Gasteiger partial charge in [0.1, 0.15) is 29.5 Å². The van der Waals surface area contributed by atoms with Crippen LogP contribution in [0.25, 0.3) is 18.2 Å². The zero-order chi connectivity index (χ0) is 39.7. The molecule has 6 nitrogen and oxygen atoms in total. The lowest BCUT2D eigenvalue weighted by atomic mass is 9.84. The fourth-order valence-electron chi connectivity index (χ4n) is 5.76. The quantitative estimate of drug-likeness (QED) is 0.120. The minimum Gasteiger partial charge on any atom is -0.543 e. The second kappa shape index (κ2) is 17.4. The SMILES string of the molecule is CCCCN(CCCC)c1ccc(/C=C/c2ccc(/C=C/C3=C(C#N)C(=C(C#N)C#N)OC3(c3ccccc3)C(F)(F)F)s2)c(O[Si](C)(C)C(C)(C)C)c1. The van der Waals surface area contributed by atoms with Crippen LogP contribution in [0.2, 0.25) is 18.1 Å². The largest absolute Gasteiger partial charge is 0.543 e. The van der Waals surface area contributed by atoms with Crippen LogP contribution in [0.3, 0.4) is 0 Å². The molecule has 1 aliphatic rings. The van der Waals surface area contributed by atoms with Gasteiger partial charge in [-0.15, -0.1) is 11.3 Å². The minimum absolute atomic E-state index is 0.0140. The summed E-state index contributed by atoms with van der Waals surface area (Å²) in [7, 11) is -2.20. The standard InChI is InChI=1S/C43H47F3N4O2SSi/c1-8-10-25-50(26-11-9-2)34-19-17-31(39(27-34)52-54(6,7)41(3,4)5)18-20-35-21-22-36(53-35)23-24-38-37(30-49)40(32(28-47)29-48)51-42(38,43(44,45)46)33-15-13-12-14-16-33/h12-24,27H,8-11,25-26H2,1-7H3/b20-18+,24-23+. The van der Waals surface area contributed by atoms with Crippen molar-refractivity contribution in [2.75, 3.05) is 18.0 Å². The monoisotopic (exact) mass is 768 g/mol. The van der Waals surface area contributed by atoms with E-state index in [4.69, 9.17) is 9.16 Å². The van der Waals surface area contributed by atoms with E-state index in [0.717, 1.165) is 60.7 Å². The molecule has 0 fully saturated rings. The number of hydrogen-bond acceptors (Lipinski definition) is 7. The van der Waals surface area contributed by atoms with Crippen LogP contribution in [-0.4, -0.2) is 27.6 Å². The number of nitrogens with zero attached hydrogens (tertiary/aromatic N) is 4. The molecule has 1 aliphatic heterocycles. The van der Waals surface area contributed by atoms with Crippen molar-refractivity contribution < 1.29 is 22.3 Å². The number of ether oxygens (including phenoxy) is 1. The van der Waals surface area contributed by atoms with Crippen molar-refractivity contribution in [3.05, 3.63) is 110 Å². The van der Waals surface area contributed by atoms with E-state index in [1.807, 2.05) is 18.2 Å². The van der Waals surface area contributed by atoms with Gasteiger partial charge in [-0.2, -0.15) is 29.0 Å². The number of allylic oxidation sites excluding steroid dienone is 2. The van der Waals surface area contributed by atoms with Gasteiger partial charge in [-0.05, 0) is 73.5 Å². The summed E-state index contributed by atoms with van der Waals surface area (Å²) in [6, 6.07) is 21.9. The van der Waals surface area contributed by atoms with Crippen LogP contribution in [-0.2, 0) is 10.3 Å². The summed E-state index contributed by atoms with van der Waals surface area (Å²) in [5, 5.41) is 29.1. The molecule has 0 spiro atoms. The Hall–Kier alpha value is -5.02. The van der Waals surface area contributed by atoms with Crippen LogP contribution in [0.1, 0.15) is 81.2 Å². The van der Waals surface area contributed by atoms with E-state index in [1.54, 1.807) is 30.3 Å². The second-order valence-corrected chi connectivity index (χ2v) is 20.5. The van der Waals surface area contributed by atoms with Gasteiger partial charge in [-0.3, -0.25) is 0 Å². The summed E-state index contributed by atoms with van der Waals surface area (Å²) in [5.74, 6) is 0.128. The van der Waals surface area contributed by atoms with Crippen molar-refractivity contribution in [1.29, 1.82) is 15.8 Å². The first-order valence-electron chi connectivity index (χ1n) is 18.1. The molecule has 2 aromatic carbocycles. The predicted octanol–water partition coefficient (Wildman–Crippen LogP) is 12.3. The molecule has 0 radical (unpaired) electrons. The summed E-state index contributed by atoms with van der Waals surface area (Å²) >= 11 is 1.36. The normalized spacial score (nSPS) is 16.3. The van der Waals surface area contributed by atoms with Gasteiger partial charge in [-0.1, -0.05) is 83.9 Å². The molecule has 282 valence electrons. The molecule has 0 saturated carbocycles. The van der Waals surface area contributed by atoms with Gasteiger partial charge >= 0.3 is 6.18 Å². The maximum atomic E-state index is 15.2. The number of unbranched alkanes of at least 4 members (excludes halogenated alkanes) is 2. The lowest BCUT2D eigenvalue weighted by Crippen LogP contribution is -2.44. The first-order valence-corrected chi connectivity index (χ1v) is 21.8. The predicted molar refractivity (Wildman–Crippen MR) is 215 cm³/mol. The highest BCUT2D eigenvalue weighted by Gasteiger charge is 2.65. The third-order valence-electron chi connectivity index (χ3n) is 9.86. The first kappa shape index (κ1) is 41.7. The molecular weight excluding hydrogens is 722 g/mol. The Morgan fingerprint density at radius 3 is 1.98 bits per heavy atom. The van der Waals surface area contributed by atoms with E-state index in [-0.39, 0.29) is 10.6 Å². The summed E-state index contributed by atoms with van der Waals surface area (Å²) in [4.78, 5) is 3.91. The molecule has 4 rings (SSSR count). The molecule has 1 atom stereocenters. The van der Waals surface area contributed by atoms with Crippen LogP contribution < -0.4 is 9.33 Å². The van der Waals surface area contributed by atoms with Gasteiger partial charge in [0.25, 0.3) is 13.9 Å². The van der Waals surface area contributed by atoms with Crippen LogP contribution >= 0.6 is 11.3 Å². The fourth-order valence-corrected chi connectivity index (χ4v) is 7.61. The highest BCUT2D eigenvalue weighted by atomic mass is 32.1. The van der Waals surface area contributed by atoms with Crippen molar-refractivity contribution >= 4 is 43.6 Å². The highest BCUT2D eigenvalue weighted by Crippen LogP contribution is 2.56.